The second kappa shape index (κ2) is 4.35. The average Bonchev–Trinajstić information content (AvgIpc) is 2.62. The minimum atomic E-state index is 0. The number of nitrogens with zero attached hydrogens (tertiary/aromatic N) is 2. The van der Waals surface area contributed by atoms with Gasteiger partial charge in [0.2, 0.25) is 0 Å². The van der Waals surface area contributed by atoms with Crippen LogP contribution in [0.4, 0.5) is 5.00 Å². The molecule has 0 aliphatic carbocycles. The van der Waals surface area contributed by atoms with Gasteiger partial charge in [-0.05, 0) is 19.1 Å². The van der Waals surface area contributed by atoms with Crippen molar-refractivity contribution < 1.29 is 0 Å². The molecule has 3 heterocycles. The van der Waals surface area contributed by atoms with Gasteiger partial charge in [0, 0.05) is 17.6 Å². The Hall–Kier alpha value is -1.59. The Morgan fingerprint density at radius 3 is 3.06 bits per heavy atom. The van der Waals surface area contributed by atoms with E-state index in [1.54, 1.807) is 17.5 Å². The van der Waals surface area contributed by atoms with Crippen LogP contribution in [-0.4, -0.2) is 9.97 Å². The molecule has 3 N–H and O–H groups in total. The number of anilines is 1. The van der Waals surface area contributed by atoms with Gasteiger partial charge < -0.3 is 11.1 Å². The summed E-state index contributed by atoms with van der Waals surface area (Å²) in [6, 6.07) is 3.87. The third kappa shape index (κ3) is 1.87. The van der Waals surface area contributed by atoms with Crippen LogP contribution >= 0.6 is 23.7 Å². The van der Waals surface area contributed by atoms with Crippen molar-refractivity contribution in [2.45, 2.75) is 6.92 Å². The molecule has 0 radical (unpaired) electrons. The van der Waals surface area contributed by atoms with Crippen LogP contribution in [0.2, 0.25) is 0 Å². The first-order chi connectivity index (χ1) is 7.75. The molecule has 0 unspecified atom stereocenters. The molecule has 6 heteroatoms. The van der Waals surface area contributed by atoms with Crippen molar-refractivity contribution in [1.82, 2.24) is 9.97 Å². The summed E-state index contributed by atoms with van der Waals surface area (Å²) in [6.07, 6.45) is 3.66. The Labute approximate surface area is 108 Å². The quantitative estimate of drug-likeness (QED) is 0.731. The van der Waals surface area contributed by atoms with Gasteiger partial charge in [0.25, 0.3) is 0 Å². The summed E-state index contributed by atoms with van der Waals surface area (Å²) >= 11 is 1.60. The number of nitrogens with one attached hydrogen (secondary N) is 1. The van der Waals surface area contributed by atoms with E-state index >= 15 is 0 Å². The molecule has 0 spiro atoms. The maximum Gasteiger partial charge on any atom is 0.123 e. The number of thiazole rings is 1. The highest BCUT2D eigenvalue weighted by Gasteiger charge is 2.14. The van der Waals surface area contributed by atoms with Crippen molar-refractivity contribution in [3.8, 4) is 0 Å². The number of aryl methyl sites for hydroxylation is 1. The normalized spacial score (nSPS) is 12.4. The average molecular weight is 267 g/mol. The predicted octanol–water partition coefficient (Wildman–Crippen LogP) is 0.547. The van der Waals surface area contributed by atoms with Crippen LogP contribution < -0.4 is 21.6 Å². The highest BCUT2D eigenvalue weighted by atomic mass is 35.5. The van der Waals surface area contributed by atoms with Crippen molar-refractivity contribution in [2.24, 2.45) is 5.73 Å². The maximum absolute atomic E-state index is 6.11. The van der Waals surface area contributed by atoms with Crippen molar-refractivity contribution in [2.75, 3.05) is 5.32 Å². The van der Waals surface area contributed by atoms with Crippen molar-refractivity contribution in [3.63, 3.8) is 0 Å². The second-order valence-electron chi connectivity index (χ2n) is 3.55. The lowest BCUT2D eigenvalue weighted by molar-refractivity contribution is 1.17. The maximum atomic E-state index is 6.11. The van der Waals surface area contributed by atoms with Crippen molar-refractivity contribution in [1.29, 1.82) is 0 Å². The zero-order valence-corrected chi connectivity index (χ0v) is 10.7. The largest absolute Gasteiger partial charge is 0.395 e. The first-order valence-electron chi connectivity index (χ1n) is 4.91. The number of pyridine rings is 1. The summed E-state index contributed by atoms with van der Waals surface area (Å²) in [7, 11) is 0. The number of rotatable bonds is 0. The van der Waals surface area contributed by atoms with Gasteiger partial charge in [0.15, 0.2) is 0 Å². The summed E-state index contributed by atoms with van der Waals surface area (Å²) in [4.78, 5) is 8.72. The molecule has 17 heavy (non-hydrogen) atoms. The van der Waals surface area contributed by atoms with Crippen LogP contribution in [0, 0.1) is 6.92 Å². The number of hydrogen-bond acceptors (Lipinski definition) is 5. The van der Waals surface area contributed by atoms with Crippen LogP contribution in [0.15, 0.2) is 18.3 Å². The van der Waals surface area contributed by atoms with E-state index in [4.69, 9.17) is 5.73 Å². The molecule has 0 saturated heterocycles. The monoisotopic (exact) mass is 266 g/mol. The predicted molar refractivity (Wildman–Crippen MR) is 72.4 cm³/mol. The Morgan fingerprint density at radius 1 is 1.41 bits per heavy atom. The fourth-order valence-electron chi connectivity index (χ4n) is 1.72. The van der Waals surface area contributed by atoms with Gasteiger partial charge in [-0.1, -0.05) is 0 Å². The van der Waals surface area contributed by atoms with Gasteiger partial charge in [-0.3, -0.25) is 4.98 Å². The molecule has 0 amide bonds. The minimum Gasteiger partial charge on any atom is -0.395 e. The lowest BCUT2D eigenvalue weighted by Crippen LogP contribution is -2.32. The van der Waals surface area contributed by atoms with E-state index in [-0.39, 0.29) is 12.4 Å². The van der Waals surface area contributed by atoms with Gasteiger partial charge in [-0.2, -0.15) is 0 Å². The van der Waals surface area contributed by atoms with Crippen LogP contribution in [0.25, 0.3) is 11.9 Å². The number of nitrogens with two attached hydrogens (primary N) is 1. The van der Waals surface area contributed by atoms with E-state index in [1.165, 1.54) is 0 Å². The third-order valence-corrected chi connectivity index (χ3v) is 3.34. The summed E-state index contributed by atoms with van der Waals surface area (Å²) in [5.41, 5.74) is 7.55. The molecule has 4 nitrogen and oxygen atoms in total. The fourth-order valence-corrected chi connectivity index (χ4v) is 2.52. The van der Waals surface area contributed by atoms with Gasteiger partial charge in [0.1, 0.15) is 10.7 Å². The van der Waals surface area contributed by atoms with E-state index in [0.29, 0.717) is 5.70 Å². The van der Waals surface area contributed by atoms with Crippen LogP contribution in [0.3, 0.4) is 0 Å². The van der Waals surface area contributed by atoms with E-state index in [0.717, 1.165) is 26.3 Å². The molecule has 0 bridgehead atoms. The Kier molecular flexibility index (Phi) is 3.04. The van der Waals surface area contributed by atoms with Gasteiger partial charge in [-0.15, -0.1) is 23.7 Å². The minimum absolute atomic E-state index is 0. The Morgan fingerprint density at radius 2 is 2.24 bits per heavy atom. The molecule has 0 aromatic carbocycles. The van der Waals surface area contributed by atoms with Gasteiger partial charge in [0.05, 0.1) is 16.1 Å². The van der Waals surface area contributed by atoms with Crippen molar-refractivity contribution in [3.05, 3.63) is 39.6 Å². The van der Waals surface area contributed by atoms with E-state index in [1.807, 2.05) is 25.3 Å². The van der Waals surface area contributed by atoms with Gasteiger partial charge in [-0.25, -0.2) is 4.98 Å². The smallest absolute Gasteiger partial charge is 0.123 e. The van der Waals surface area contributed by atoms with Gasteiger partial charge >= 0.3 is 0 Å². The lowest BCUT2D eigenvalue weighted by Gasteiger charge is -1.97. The molecule has 1 aliphatic heterocycles. The summed E-state index contributed by atoms with van der Waals surface area (Å²) in [5.74, 6) is 0. The molecular formula is C11H11ClN4S. The molecule has 0 fully saturated rings. The molecule has 88 valence electrons. The zero-order valence-electron chi connectivity index (χ0n) is 9.10. The first-order valence-corrected chi connectivity index (χ1v) is 5.73. The summed E-state index contributed by atoms with van der Waals surface area (Å²) < 4.78 is 0. The number of aromatic nitrogens is 2. The van der Waals surface area contributed by atoms with Crippen molar-refractivity contribution >= 4 is 40.6 Å². The molecule has 0 saturated carbocycles. The van der Waals surface area contributed by atoms with E-state index in [9.17, 15) is 0 Å². The molecule has 2 aromatic heterocycles. The number of fused-ring (bicyclic) bond motifs is 2. The highest BCUT2D eigenvalue weighted by Crippen LogP contribution is 2.27. The number of hydrogen-bond donors (Lipinski definition) is 2. The fraction of sp³-hybridized carbons (Fsp3) is 0.0909. The van der Waals surface area contributed by atoms with E-state index < -0.39 is 0 Å². The highest BCUT2D eigenvalue weighted by molar-refractivity contribution is 7.16. The van der Waals surface area contributed by atoms with Crippen LogP contribution in [0.5, 0.6) is 0 Å². The first kappa shape index (κ1) is 11.9. The number of halogens is 1. The third-order valence-electron chi connectivity index (χ3n) is 2.44. The lowest BCUT2D eigenvalue weighted by atomic mass is 10.3. The summed E-state index contributed by atoms with van der Waals surface area (Å²) in [5, 5.41) is 6.98. The van der Waals surface area contributed by atoms with Crippen LogP contribution in [0.1, 0.15) is 10.7 Å². The standard InChI is InChI=1S/C11H10N4S.ClH/c1-6-15-10-8(12)9-7(3-2-4-13-9)5-14-11(10)16-6;/h2-5,14H,12H2,1H3;1H. The Balaban J connectivity index is 0.00000108. The molecular weight excluding hydrogens is 256 g/mol. The SMILES string of the molecule is Cc1nc2c(s1)NC=c1cccnc1=C2N.Cl. The molecule has 1 aliphatic rings. The molecule has 0 atom stereocenters. The van der Waals surface area contributed by atoms with Crippen LogP contribution in [-0.2, 0) is 0 Å². The molecule has 2 aromatic rings. The zero-order chi connectivity index (χ0) is 11.1. The molecule has 3 rings (SSSR count). The Bertz CT molecular complexity index is 677. The summed E-state index contributed by atoms with van der Waals surface area (Å²) in [6.45, 7) is 1.97. The second-order valence-corrected chi connectivity index (χ2v) is 4.76. The van der Waals surface area contributed by atoms with E-state index in [2.05, 4.69) is 15.3 Å². The topological polar surface area (TPSA) is 63.8 Å².